The molecule has 1 aromatic heterocycles. The highest BCUT2D eigenvalue weighted by molar-refractivity contribution is 5.91. The van der Waals surface area contributed by atoms with Gasteiger partial charge in [-0.15, -0.1) is 0 Å². The van der Waals surface area contributed by atoms with Gasteiger partial charge in [0, 0.05) is 12.1 Å². The Hall–Kier alpha value is -1.51. The van der Waals surface area contributed by atoms with E-state index in [2.05, 4.69) is 5.32 Å². The topological polar surface area (TPSA) is 42.2 Å². The standard InChI is InChI=1S/C14H17NO2/c16-13(8-7-12-2-1-9-17-12)15-14(10-3-4-10)11-5-6-11/h1-2,7-11,14H,3-6H2,(H,15,16). The van der Waals surface area contributed by atoms with Gasteiger partial charge in [-0.25, -0.2) is 0 Å². The quantitative estimate of drug-likeness (QED) is 0.791. The molecule has 0 unspecified atom stereocenters. The molecule has 1 aromatic rings. The van der Waals surface area contributed by atoms with E-state index in [0.717, 1.165) is 17.6 Å². The van der Waals surface area contributed by atoms with Crippen LogP contribution in [-0.2, 0) is 4.79 Å². The van der Waals surface area contributed by atoms with Crippen LogP contribution in [0.15, 0.2) is 28.9 Å². The summed E-state index contributed by atoms with van der Waals surface area (Å²) in [6, 6.07) is 4.07. The Morgan fingerprint density at radius 1 is 1.35 bits per heavy atom. The molecule has 1 N–H and O–H groups in total. The predicted molar refractivity (Wildman–Crippen MR) is 65.1 cm³/mol. The number of nitrogens with one attached hydrogen (secondary N) is 1. The van der Waals surface area contributed by atoms with Gasteiger partial charge in [-0.3, -0.25) is 4.79 Å². The largest absolute Gasteiger partial charge is 0.465 e. The molecule has 2 fully saturated rings. The van der Waals surface area contributed by atoms with Gasteiger partial charge in [-0.2, -0.15) is 0 Å². The second-order valence-electron chi connectivity index (χ2n) is 5.06. The van der Waals surface area contributed by atoms with Crippen molar-refractivity contribution in [2.45, 2.75) is 31.7 Å². The Labute approximate surface area is 101 Å². The first-order valence-electron chi connectivity index (χ1n) is 6.35. The van der Waals surface area contributed by atoms with Crippen LogP contribution in [-0.4, -0.2) is 11.9 Å². The Balaban J connectivity index is 1.55. The number of hydrogen-bond acceptors (Lipinski definition) is 2. The van der Waals surface area contributed by atoms with Crippen LogP contribution in [0.5, 0.6) is 0 Å². The Morgan fingerprint density at radius 3 is 2.59 bits per heavy atom. The smallest absolute Gasteiger partial charge is 0.244 e. The van der Waals surface area contributed by atoms with E-state index in [1.807, 2.05) is 12.1 Å². The highest BCUT2D eigenvalue weighted by Gasteiger charge is 2.41. The minimum atomic E-state index is 0.00481. The van der Waals surface area contributed by atoms with Gasteiger partial charge in [0.1, 0.15) is 5.76 Å². The maximum atomic E-state index is 11.8. The summed E-state index contributed by atoms with van der Waals surface area (Å²) in [5, 5.41) is 3.14. The molecule has 0 atom stereocenters. The molecule has 2 saturated carbocycles. The van der Waals surface area contributed by atoms with Crippen molar-refractivity contribution in [1.29, 1.82) is 0 Å². The van der Waals surface area contributed by atoms with Crippen molar-refractivity contribution in [3.05, 3.63) is 30.2 Å². The minimum Gasteiger partial charge on any atom is -0.465 e. The minimum absolute atomic E-state index is 0.00481. The highest BCUT2D eigenvalue weighted by atomic mass is 16.3. The molecule has 2 aliphatic carbocycles. The van der Waals surface area contributed by atoms with E-state index in [1.54, 1.807) is 18.4 Å². The van der Waals surface area contributed by atoms with Crippen molar-refractivity contribution in [3.63, 3.8) is 0 Å². The van der Waals surface area contributed by atoms with Crippen LogP contribution in [0.2, 0.25) is 0 Å². The monoisotopic (exact) mass is 231 g/mol. The van der Waals surface area contributed by atoms with Crippen molar-refractivity contribution in [2.75, 3.05) is 0 Å². The lowest BCUT2D eigenvalue weighted by Gasteiger charge is -2.15. The first kappa shape index (κ1) is 10.6. The molecule has 3 heteroatoms. The van der Waals surface area contributed by atoms with Crippen LogP contribution in [0.4, 0.5) is 0 Å². The molecule has 3 nitrogen and oxygen atoms in total. The van der Waals surface area contributed by atoms with Crippen LogP contribution >= 0.6 is 0 Å². The summed E-state index contributed by atoms with van der Waals surface area (Å²) < 4.78 is 5.14. The zero-order valence-electron chi connectivity index (χ0n) is 9.76. The zero-order valence-corrected chi connectivity index (χ0v) is 9.76. The molecular formula is C14H17NO2. The predicted octanol–water partition coefficient (Wildman–Crippen LogP) is 2.60. The third-order valence-electron chi connectivity index (χ3n) is 3.51. The van der Waals surface area contributed by atoms with Crippen LogP contribution in [0.3, 0.4) is 0 Å². The summed E-state index contributed by atoms with van der Waals surface area (Å²) >= 11 is 0. The summed E-state index contributed by atoms with van der Waals surface area (Å²) in [6.45, 7) is 0. The van der Waals surface area contributed by atoms with Crippen molar-refractivity contribution in [1.82, 2.24) is 5.32 Å². The third-order valence-corrected chi connectivity index (χ3v) is 3.51. The van der Waals surface area contributed by atoms with Crippen molar-refractivity contribution in [2.24, 2.45) is 11.8 Å². The lowest BCUT2D eigenvalue weighted by atomic mass is 10.1. The van der Waals surface area contributed by atoms with Crippen LogP contribution in [0, 0.1) is 11.8 Å². The molecule has 1 heterocycles. The first-order chi connectivity index (χ1) is 8.33. The lowest BCUT2D eigenvalue weighted by Crippen LogP contribution is -2.37. The Bertz CT molecular complexity index is 401. The third kappa shape index (κ3) is 2.78. The molecular weight excluding hydrogens is 214 g/mol. The molecule has 3 rings (SSSR count). The van der Waals surface area contributed by atoms with Crippen molar-refractivity contribution in [3.8, 4) is 0 Å². The number of amides is 1. The summed E-state index contributed by atoms with van der Waals surface area (Å²) in [7, 11) is 0. The van der Waals surface area contributed by atoms with E-state index in [-0.39, 0.29) is 5.91 Å². The zero-order chi connectivity index (χ0) is 11.7. The molecule has 1 amide bonds. The maximum Gasteiger partial charge on any atom is 0.244 e. The van der Waals surface area contributed by atoms with E-state index in [4.69, 9.17) is 4.42 Å². The van der Waals surface area contributed by atoms with Gasteiger partial charge in [-0.1, -0.05) is 0 Å². The molecule has 0 bridgehead atoms. The molecule has 2 aliphatic rings. The first-order valence-corrected chi connectivity index (χ1v) is 6.35. The fraction of sp³-hybridized carbons (Fsp3) is 0.500. The summed E-state index contributed by atoms with van der Waals surface area (Å²) in [4.78, 5) is 11.8. The normalized spacial score (nSPS) is 20.1. The molecule has 17 heavy (non-hydrogen) atoms. The lowest BCUT2D eigenvalue weighted by molar-refractivity contribution is -0.117. The van der Waals surface area contributed by atoms with Gasteiger partial charge in [0.2, 0.25) is 5.91 Å². The molecule has 0 radical (unpaired) electrons. The van der Waals surface area contributed by atoms with Gasteiger partial charge in [0.05, 0.1) is 6.26 Å². The van der Waals surface area contributed by atoms with Crippen LogP contribution < -0.4 is 5.32 Å². The van der Waals surface area contributed by atoms with E-state index >= 15 is 0 Å². The summed E-state index contributed by atoms with van der Waals surface area (Å²) in [6.07, 6.45) is 10.0. The maximum absolute atomic E-state index is 11.8. The van der Waals surface area contributed by atoms with Crippen molar-refractivity contribution < 1.29 is 9.21 Å². The fourth-order valence-corrected chi connectivity index (χ4v) is 2.29. The molecule has 0 aliphatic heterocycles. The molecule has 90 valence electrons. The van der Waals surface area contributed by atoms with Crippen LogP contribution in [0.1, 0.15) is 31.4 Å². The number of rotatable bonds is 5. The van der Waals surface area contributed by atoms with Gasteiger partial charge < -0.3 is 9.73 Å². The molecule has 0 aromatic carbocycles. The molecule has 0 saturated heterocycles. The Kier molecular flexibility index (Phi) is 2.75. The molecule has 0 spiro atoms. The average Bonchev–Trinajstić information content (AvgIpc) is 3.24. The average molecular weight is 231 g/mol. The van der Waals surface area contributed by atoms with Crippen LogP contribution in [0.25, 0.3) is 6.08 Å². The van der Waals surface area contributed by atoms with Gasteiger partial charge in [0.25, 0.3) is 0 Å². The second-order valence-corrected chi connectivity index (χ2v) is 5.06. The SMILES string of the molecule is O=C(C=Cc1ccco1)NC(C1CC1)C1CC1. The number of furan rings is 1. The fourth-order valence-electron chi connectivity index (χ4n) is 2.29. The van der Waals surface area contributed by atoms with E-state index in [0.29, 0.717) is 6.04 Å². The van der Waals surface area contributed by atoms with Crippen molar-refractivity contribution >= 4 is 12.0 Å². The van der Waals surface area contributed by atoms with E-state index < -0.39 is 0 Å². The summed E-state index contributed by atoms with van der Waals surface area (Å²) in [5.74, 6) is 2.20. The number of carbonyl (C=O) groups excluding carboxylic acids is 1. The van der Waals surface area contributed by atoms with Gasteiger partial charge >= 0.3 is 0 Å². The van der Waals surface area contributed by atoms with E-state index in [1.165, 1.54) is 25.7 Å². The Morgan fingerprint density at radius 2 is 2.06 bits per heavy atom. The highest BCUT2D eigenvalue weighted by Crippen LogP contribution is 2.44. The number of hydrogen-bond donors (Lipinski definition) is 1. The second kappa shape index (κ2) is 4.40. The van der Waals surface area contributed by atoms with E-state index in [9.17, 15) is 4.79 Å². The van der Waals surface area contributed by atoms with Gasteiger partial charge in [0.15, 0.2) is 0 Å². The van der Waals surface area contributed by atoms with Gasteiger partial charge in [-0.05, 0) is 55.7 Å². The number of carbonyl (C=O) groups is 1. The summed E-state index contributed by atoms with van der Waals surface area (Å²) in [5.41, 5.74) is 0.